The number of halogens is 2. The van der Waals surface area contributed by atoms with E-state index in [0.717, 1.165) is 100 Å². The number of para-hydroxylation sites is 1. The molecule has 7 aromatic rings. The second kappa shape index (κ2) is 20.3. The smallest absolute Gasteiger partial charge is 0.275 e. The molecule has 2 saturated carbocycles. The van der Waals surface area contributed by atoms with Crippen LogP contribution < -0.4 is 20.1 Å². The van der Waals surface area contributed by atoms with E-state index in [2.05, 4.69) is 52.9 Å². The van der Waals surface area contributed by atoms with E-state index >= 15 is 0 Å². The first-order valence-electron chi connectivity index (χ1n) is 27.5. The number of likely N-dealkylation sites (tertiary alicyclic amines) is 2. The number of piperazine rings is 1. The van der Waals surface area contributed by atoms with Crippen LogP contribution in [0.3, 0.4) is 0 Å². The molecule has 3 aromatic carbocycles. The molecule has 2 aliphatic carbocycles. The highest BCUT2D eigenvalue weighted by Crippen LogP contribution is 2.64. The number of H-pyrrole nitrogens is 1. The molecule has 2 bridgehead atoms. The van der Waals surface area contributed by atoms with Crippen molar-refractivity contribution in [3.63, 3.8) is 0 Å². The van der Waals surface area contributed by atoms with E-state index in [1.807, 2.05) is 38.2 Å². The lowest BCUT2D eigenvalue weighted by atomic mass is 9.49. The predicted octanol–water partition coefficient (Wildman–Crippen LogP) is 9.14. The molecule has 0 radical (unpaired) electrons. The topological polar surface area (TPSA) is 202 Å². The van der Waals surface area contributed by atoms with Crippen molar-refractivity contribution >= 4 is 46.1 Å². The molecule has 17 nitrogen and oxygen atoms in total. The van der Waals surface area contributed by atoms with Gasteiger partial charge in [0.25, 0.3) is 5.91 Å². The van der Waals surface area contributed by atoms with Crippen molar-refractivity contribution in [1.82, 2.24) is 45.6 Å². The number of hydroxylamine groups is 1. The molecule has 6 aliphatic rings. The number of anilines is 2. The maximum Gasteiger partial charge on any atom is 0.275 e. The van der Waals surface area contributed by atoms with Gasteiger partial charge in [-0.05, 0) is 129 Å². The van der Waals surface area contributed by atoms with Crippen molar-refractivity contribution < 1.29 is 33.6 Å². The number of phenolic OH excluding ortho intramolecular Hbond substituents is 1. The first-order valence-corrected chi connectivity index (χ1v) is 27.9. The number of aromatic hydroxyl groups is 1. The fourth-order valence-electron chi connectivity index (χ4n) is 13.9. The monoisotopic (exact) mass is 1080 g/mol. The first-order chi connectivity index (χ1) is 37.9. The van der Waals surface area contributed by atoms with Gasteiger partial charge in [0.05, 0.1) is 17.5 Å². The number of nitrogens with zero attached hydrogens (tertiary/aromatic N) is 9. The van der Waals surface area contributed by atoms with Crippen LogP contribution in [-0.4, -0.2) is 125 Å². The lowest BCUT2D eigenvalue weighted by Crippen LogP contribution is -2.57. The lowest BCUT2D eigenvalue weighted by Gasteiger charge is -2.60. The number of hydrogen-bond donors (Lipinski definition) is 4. The number of aliphatic hydroxyl groups is 1. The fraction of sp³-hybridized carbons (Fsp3) is 0.441. The lowest BCUT2D eigenvalue weighted by molar-refractivity contribution is -0.143. The number of amides is 2. The van der Waals surface area contributed by atoms with Crippen molar-refractivity contribution in [2.75, 3.05) is 42.5 Å². The number of phenols is 1. The summed E-state index contributed by atoms with van der Waals surface area (Å²) in [6.07, 6.45) is 13.9. The molecule has 1 spiro atoms. The van der Waals surface area contributed by atoms with Gasteiger partial charge in [-0.2, -0.15) is 5.48 Å². The summed E-state index contributed by atoms with van der Waals surface area (Å²) in [6.45, 7) is 7.60. The van der Waals surface area contributed by atoms with Gasteiger partial charge < -0.3 is 44.2 Å². The van der Waals surface area contributed by atoms with E-state index in [-0.39, 0.29) is 47.7 Å². The van der Waals surface area contributed by atoms with Crippen LogP contribution in [0.15, 0.2) is 102 Å². The highest BCUT2D eigenvalue weighted by Gasteiger charge is 2.56. The van der Waals surface area contributed by atoms with Gasteiger partial charge in [-0.1, -0.05) is 73.1 Å². The van der Waals surface area contributed by atoms with Crippen LogP contribution in [0.4, 0.5) is 16.0 Å². The predicted molar refractivity (Wildman–Crippen MR) is 291 cm³/mol. The molecule has 4 N–H and O–H groups in total. The van der Waals surface area contributed by atoms with E-state index in [4.69, 9.17) is 30.9 Å². The Morgan fingerprint density at radius 2 is 1.58 bits per heavy atom. The fourth-order valence-corrected chi connectivity index (χ4v) is 14.3. The van der Waals surface area contributed by atoms with Gasteiger partial charge >= 0.3 is 0 Å². The molecule has 2 amide bonds. The largest absolute Gasteiger partial charge is 0.507 e. The number of rotatable bonds is 13. The zero-order valence-corrected chi connectivity index (χ0v) is 44.4. The van der Waals surface area contributed by atoms with Gasteiger partial charge in [0.15, 0.2) is 17.2 Å². The second-order valence-corrected chi connectivity index (χ2v) is 23.5. The number of carbonyl (C=O) groups excluding carboxylic acids is 2. The SMILES string of the molecule is CC(C)[C@@H](C(=O)N1C[C@H](O)C[C@H]1C(=O)NOc1ccc(-c2ccccc2F)cc1)c1onc([C@H]2CC3(C2)C[C@H](N2CCC(c4cnc(N5C6CCC5CN(c5c[nH]c7nnc(-c8ccccc8O)cc57)C6)nc4)CC2)C3)c1Cl. The molecule has 19 heteroatoms. The van der Waals surface area contributed by atoms with Crippen LogP contribution in [0, 0.1) is 17.2 Å². The van der Waals surface area contributed by atoms with E-state index in [0.29, 0.717) is 68.7 Å². The Morgan fingerprint density at radius 3 is 2.28 bits per heavy atom. The summed E-state index contributed by atoms with van der Waals surface area (Å²) in [7, 11) is 0. The maximum atomic E-state index is 14.4. The quantitative estimate of drug-likeness (QED) is 0.0796. The summed E-state index contributed by atoms with van der Waals surface area (Å²) >= 11 is 7.09. The van der Waals surface area contributed by atoms with Crippen molar-refractivity contribution in [1.29, 1.82) is 0 Å². The number of aromatic nitrogens is 6. The number of aliphatic hydroxyl groups excluding tert-OH is 1. The third-order valence-corrected chi connectivity index (χ3v) is 18.4. The van der Waals surface area contributed by atoms with Gasteiger partial charge in [-0.25, -0.2) is 14.4 Å². The maximum absolute atomic E-state index is 14.4. The number of nitrogens with one attached hydrogen (secondary N) is 2. The van der Waals surface area contributed by atoms with Crippen molar-refractivity contribution in [2.45, 2.75) is 120 Å². The number of benzene rings is 3. The second-order valence-electron chi connectivity index (χ2n) is 23.1. The van der Waals surface area contributed by atoms with Crippen molar-refractivity contribution in [2.24, 2.45) is 11.3 Å². The number of piperidine rings is 1. The number of fused-ring (bicyclic) bond motifs is 3. The molecule has 6 fully saturated rings. The Labute approximate surface area is 456 Å². The Balaban J connectivity index is 0.580. The Kier molecular flexibility index (Phi) is 13.1. The third kappa shape index (κ3) is 9.18. The van der Waals surface area contributed by atoms with Crippen LogP contribution in [0.5, 0.6) is 11.5 Å². The van der Waals surface area contributed by atoms with Crippen LogP contribution in [0.25, 0.3) is 33.4 Å². The molecule has 2 unspecified atom stereocenters. The zero-order chi connectivity index (χ0) is 53.4. The molecule has 4 aliphatic heterocycles. The summed E-state index contributed by atoms with van der Waals surface area (Å²) in [5.74, 6) is -0.183. The zero-order valence-electron chi connectivity index (χ0n) is 43.6. The average Bonchev–Trinajstić information content (AvgIpc) is 4.22. The van der Waals surface area contributed by atoms with Crippen LogP contribution in [0.2, 0.25) is 5.02 Å². The van der Waals surface area contributed by atoms with E-state index in [1.165, 1.54) is 16.5 Å². The first kappa shape index (κ1) is 50.4. The molecule has 4 aromatic heterocycles. The molecule has 404 valence electrons. The Morgan fingerprint density at radius 1 is 0.872 bits per heavy atom. The average molecular weight is 1080 g/mol. The number of aromatic amines is 1. The van der Waals surface area contributed by atoms with Gasteiger partial charge in [0, 0.05) is 85.2 Å². The van der Waals surface area contributed by atoms with Crippen molar-refractivity contribution in [3.8, 4) is 33.9 Å². The summed E-state index contributed by atoms with van der Waals surface area (Å²) in [6, 6.07) is 22.5. The van der Waals surface area contributed by atoms with Crippen LogP contribution in [0.1, 0.15) is 106 Å². The molecule has 4 saturated heterocycles. The number of hydrogen-bond acceptors (Lipinski definition) is 14. The van der Waals surface area contributed by atoms with E-state index < -0.39 is 24.0 Å². The van der Waals surface area contributed by atoms with Gasteiger partial charge in [-0.15, -0.1) is 10.2 Å². The Bertz CT molecular complexity index is 3340. The number of β-amino-alcohol motifs (C(OH)–C–C–N with tert-alkyl or cyclic N) is 1. The van der Waals surface area contributed by atoms with E-state index in [9.17, 15) is 24.2 Å². The molecule has 13 rings (SSSR count). The van der Waals surface area contributed by atoms with Gasteiger partial charge in [-0.3, -0.25) is 9.59 Å². The molecule has 78 heavy (non-hydrogen) atoms. The summed E-state index contributed by atoms with van der Waals surface area (Å²) in [5.41, 5.74) is 8.85. The van der Waals surface area contributed by atoms with Crippen LogP contribution in [-0.2, 0) is 9.59 Å². The molecular weight excluding hydrogens is 1010 g/mol. The minimum atomic E-state index is -0.990. The molecular formula is C59H63ClFN11O6. The normalized spacial score (nSPS) is 25.6. The highest BCUT2D eigenvalue weighted by atomic mass is 35.5. The van der Waals surface area contributed by atoms with E-state index in [1.54, 1.807) is 54.6 Å². The third-order valence-electron chi connectivity index (χ3n) is 18.0. The minimum Gasteiger partial charge on any atom is -0.507 e. The molecule has 8 heterocycles. The van der Waals surface area contributed by atoms with Gasteiger partial charge in [0.2, 0.25) is 11.9 Å². The summed E-state index contributed by atoms with van der Waals surface area (Å²) < 4.78 is 20.3. The van der Waals surface area contributed by atoms with Crippen LogP contribution >= 0.6 is 11.6 Å². The minimum absolute atomic E-state index is 0.0282. The summed E-state index contributed by atoms with van der Waals surface area (Å²) in [5, 5.41) is 35.9. The number of carbonyl (C=O) groups is 2. The van der Waals surface area contributed by atoms with Crippen molar-refractivity contribution in [3.05, 3.63) is 125 Å². The van der Waals surface area contributed by atoms with Gasteiger partial charge in [0.1, 0.15) is 34.2 Å². The highest BCUT2D eigenvalue weighted by molar-refractivity contribution is 6.32. The Hall–Kier alpha value is -7.15. The summed E-state index contributed by atoms with van der Waals surface area (Å²) in [4.78, 5) is 55.8. The standard InChI is InChI=1S/C59H63ClFN11O6/c1-33(2)51(57(76)71-32-41(73)21-48(71)56(75)68-77-42-15-11-35(12-16-42)43-7-3-5-9-46(43)61)54-52(60)53(67-78-54)36-23-59(24-36)25-40(26-59)69-19-17-34(18-20-69)37-27-63-58(64-28-37)72-38-13-14-39(72)31-70(30-38)49-29-62-55-45(49)22-47(65-66-55)44-8-4-6-10-50(44)74/h3-12,15-16,22,27-29,33-34,36,38-41,48,51,73-74H,13-14,17-21,23-26,30-32H2,1-2H3,(H,62,66)(H,68,75)/t36-,38?,39?,40-,41-,48+,51-,59?/m1/s1. The molecule has 5 atom stereocenters.